The molecule has 4 rings (SSSR count). The zero-order valence-corrected chi connectivity index (χ0v) is 18.4. The summed E-state index contributed by atoms with van der Waals surface area (Å²) in [6.07, 6.45) is 2.88. The van der Waals surface area contributed by atoms with E-state index in [4.69, 9.17) is 9.84 Å². The van der Waals surface area contributed by atoms with Crippen LogP contribution in [0.1, 0.15) is 39.7 Å². The summed E-state index contributed by atoms with van der Waals surface area (Å²) in [5.74, 6) is -1.10. The van der Waals surface area contributed by atoms with Gasteiger partial charge in [0, 0.05) is 17.1 Å². The van der Waals surface area contributed by atoms with Crippen molar-refractivity contribution in [1.82, 2.24) is 9.78 Å². The van der Waals surface area contributed by atoms with Crippen molar-refractivity contribution in [3.05, 3.63) is 101 Å². The summed E-state index contributed by atoms with van der Waals surface area (Å²) in [5, 5.41) is 14.3. The molecule has 0 bridgehead atoms. The minimum Gasteiger partial charge on any atom is -0.479 e. The molecule has 0 saturated carbocycles. The quantitative estimate of drug-likeness (QED) is 0.381. The first-order valence-electron chi connectivity index (χ1n) is 10.6. The van der Waals surface area contributed by atoms with Gasteiger partial charge in [-0.3, -0.25) is 4.79 Å². The molecule has 0 spiro atoms. The molecule has 0 aliphatic heterocycles. The maximum absolute atomic E-state index is 13.1. The Morgan fingerprint density at radius 3 is 2.42 bits per heavy atom. The summed E-state index contributed by atoms with van der Waals surface area (Å²) in [5.41, 5.74) is 4.79. The zero-order chi connectivity index (χ0) is 23.4. The van der Waals surface area contributed by atoms with Gasteiger partial charge in [0.1, 0.15) is 5.69 Å². The second-order valence-corrected chi connectivity index (χ2v) is 7.85. The Morgan fingerprint density at radius 1 is 1.03 bits per heavy atom. The van der Waals surface area contributed by atoms with Crippen molar-refractivity contribution in [2.45, 2.75) is 26.6 Å². The number of carbonyl (C=O) groups is 2. The molecular formula is C27H24N2O4. The van der Waals surface area contributed by atoms with E-state index in [-0.39, 0.29) is 12.4 Å². The van der Waals surface area contributed by atoms with Crippen LogP contribution in [0.3, 0.4) is 0 Å². The van der Waals surface area contributed by atoms with Gasteiger partial charge in [-0.15, -0.1) is 0 Å². The van der Waals surface area contributed by atoms with E-state index >= 15 is 0 Å². The molecule has 6 nitrogen and oxygen atoms in total. The van der Waals surface area contributed by atoms with Crippen LogP contribution in [-0.4, -0.2) is 32.7 Å². The number of carbonyl (C=O) groups excluding carboxylic acids is 1. The first kappa shape index (κ1) is 22.2. The molecule has 33 heavy (non-hydrogen) atoms. The van der Waals surface area contributed by atoms with Crippen LogP contribution in [0.5, 0.6) is 0 Å². The molecule has 1 heterocycles. The third-order valence-corrected chi connectivity index (χ3v) is 5.38. The van der Waals surface area contributed by atoms with Gasteiger partial charge in [-0.2, -0.15) is 5.10 Å². The highest BCUT2D eigenvalue weighted by atomic mass is 16.5. The number of rotatable bonds is 8. The molecule has 0 aliphatic carbocycles. The van der Waals surface area contributed by atoms with Crippen molar-refractivity contribution in [1.29, 1.82) is 0 Å². The predicted octanol–water partition coefficient (Wildman–Crippen LogP) is 5.19. The Bertz CT molecular complexity index is 1320. The lowest BCUT2D eigenvalue weighted by Gasteiger charge is -2.08. The number of hydrogen-bond donors (Lipinski definition) is 1. The van der Waals surface area contributed by atoms with Crippen LogP contribution in [-0.2, 0) is 16.1 Å². The van der Waals surface area contributed by atoms with E-state index < -0.39 is 12.1 Å². The highest BCUT2D eigenvalue weighted by Gasteiger charge is 2.18. The fraction of sp³-hybridized carbons (Fsp3) is 0.148. The topological polar surface area (TPSA) is 81.4 Å². The summed E-state index contributed by atoms with van der Waals surface area (Å²) in [4.78, 5) is 24.0. The first-order valence-corrected chi connectivity index (χ1v) is 10.6. The molecule has 0 fully saturated rings. The fourth-order valence-electron chi connectivity index (χ4n) is 3.39. The normalized spacial score (nSPS) is 12.3. The van der Waals surface area contributed by atoms with Crippen LogP contribution in [0.2, 0.25) is 0 Å². The Morgan fingerprint density at radius 2 is 1.73 bits per heavy atom. The summed E-state index contributed by atoms with van der Waals surface area (Å²) in [6.45, 7) is 3.72. The number of benzene rings is 3. The number of aryl methyl sites for hydroxylation is 1. The van der Waals surface area contributed by atoms with Crippen LogP contribution >= 0.6 is 0 Å². The molecule has 3 aromatic carbocycles. The first-order chi connectivity index (χ1) is 15.9. The van der Waals surface area contributed by atoms with Crippen molar-refractivity contribution in [3.8, 4) is 0 Å². The van der Waals surface area contributed by atoms with Crippen LogP contribution in [0.4, 0.5) is 0 Å². The number of nitrogens with zero attached hydrogens (tertiary/aromatic N) is 2. The van der Waals surface area contributed by atoms with E-state index in [2.05, 4.69) is 5.10 Å². The lowest BCUT2D eigenvalue weighted by Crippen LogP contribution is -2.19. The number of hydrogen-bond acceptors (Lipinski definition) is 4. The second-order valence-electron chi connectivity index (χ2n) is 7.85. The van der Waals surface area contributed by atoms with Crippen LogP contribution in [0, 0.1) is 6.92 Å². The Balaban J connectivity index is 1.56. The van der Waals surface area contributed by atoms with E-state index in [1.165, 1.54) is 6.92 Å². The number of ketones is 1. The minimum absolute atomic E-state index is 0.113. The molecule has 0 amide bonds. The van der Waals surface area contributed by atoms with Gasteiger partial charge < -0.3 is 9.84 Å². The average Bonchev–Trinajstić information content (AvgIpc) is 3.20. The average molecular weight is 440 g/mol. The number of ether oxygens (including phenoxy) is 1. The summed E-state index contributed by atoms with van der Waals surface area (Å²) < 4.78 is 7.02. The van der Waals surface area contributed by atoms with Gasteiger partial charge in [0.15, 0.2) is 6.10 Å². The van der Waals surface area contributed by atoms with Crippen LogP contribution in [0.15, 0.2) is 72.8 Å². The maximum atomic E-state index is 13.1. The monoisotopic (exact) mass is 440 g/mol. The van der Waals surface area contributed by atoms with Gasteiger partial charge in [0.2, 0.25) is 5.78 Å². The number of carboxylic acid groups (broad SMARTS) is 1. The molecule has 4 aromatic rings. The van der Waals surface area contributed by atoms with E-state index in [1.807, 2.05) is 92.0 Å². The summed E-state index contributed by atoms with van der Waals surface area (Å²) in [7, 11) is 0. The lowest BCUT2D eigenvalue weighted by molar-refractivity contribution is -0.149. The standard InChI is InChI=1S/C27H24N2O4/c1-18-7-13-22(14-8-18)26(30)25-23-5-3-4-6-24(23)29(28-25)16-15-20-9-11-21(12-10-20)17-33-19(2)27(31)32/h3-16,19H,17H2,1-2H3,(H,31,32)/t19-/m1/s1. The third kappa shape index (κ3) is 5.07. The molecule has 1 atom stereocenters. The Hall–Kier alpha value is -4.03. The molecule has 0 saturated heterocycles. The number of aromatic nitrogens is 2. The maximum Gasteiger partial charge on any atom is 0.332 e. The van der Waals surface area contributed by atoms with Gasteiger partial charge >= 0.3 is 5.97 Å². The third-order valence-electron chi connectivity index (χ3n) is 5.38. The SMILES string of the molecule is Cc1ccc(C(=O)c2nn(C=Cc3ccc(CO[C@H](C)C(=O)O)cc3)c3ccccc23)cc1. The van der Waals surface area contributed by atoms with Gasteiger partial charge in [0.05, 0.1) is 12.1 Å². The van der Waals surface area contributed by atoms with E-state index in [1.54, 1.807) is 4.68 Å². The van der Waals surface area contributed by atoms with E-state index in [9.17, 15) is 9.59 Å². The predicted molar refractivity (Wildman–Crippen MR) is 128 cm³/mol. The number of para-hydroxylation sites is 1. The molecule has 1 N–H and O–H groups in total. The van der Waals surface area contributed by atoms with Crippen LogP contribution < -0.4 is 0 Å². The second kappa shape index (κ2) is 9.63. The van der Waals surface area contributed by atoms with Crippen molar-refractivity contribution in [3.63, 3.8) is 0 Å². The Labute approximate surface area is 191 Å². The van der Waals surface area contributed by atoms with Crippen molar-refractivity contribution >= 4 is 34.9 Å². The minimum atomic E-state index is -0.985. The summed E-state index contributed by atoms with van der Waals surface area (Å²) in [6, 6.07) is 22.8. The Kier molecular flexibility index (Phi) is 6.47. The molecule has 0 unspecified atom stereocenters. The van der Waals surface area contributed by atoms with E-state index in [0.29, 0.717) is 11.3 Å². The molecule has 166 valence electrons. The molecule has 6 heteroatoms. The molecule has 0 radical (unpaired) electrons. The van der Waals surface area contributed by atoms with Gasteiger partial charge in [-0.25, -0.2) is 9.48 Å². The largest absolute Gasteiger partial charge is 0.479 e. The number of carboxylic acids is 1. The molecular weight excluding hydrogens is 416 g/mol. The number of fused-ring (bicyclic) bond motifs is 1. The van der Waals surface area contributed by atoms with Crippen LogP contribution in [0.25, 0.3) is 23.2 Å². The van der Waals surface area contributed by atoms with Gasteiger partial charge in [-0.1, -0.05) is 72.3 Å². The molecule has 1 aromatic heterocycles. The lowest BCUT2D eigenvalue weighted by atomic mass is 10.0. The molecule has 0 aliphatic rings. The van der Waals surface area contributed by atoms with Gasteiger partial charge in [0.25, 0.3) is 0 Å². The summed E-state index contributed by atoms with van der Waals surface area (Å²) >= 11 is 0. The highest BCUT2D eigenvalue weighted by molar-refractivity contribution is 6.15. The van der Waals surface area contributed by atoms with Crippen molar-refractivity contribution in [2.24, 2.45) is 0 Å². The van der Waals surface area contributed by atoms with Gasteiger partial charge in [-0.05, 0) is 37.1 Å². The van der Waals surface area contributed by atoms with Crippen molar-refractivity contribution in [2.75, 3.05) is 0 Å². The smallest absolute Gasteiger partial charge is 0.332 e. The van der Waals surface area contributed by atoms with E-state index in [0.717, 1.165) is 27.6 Å². The van der Waals surface area contributed by atoms with Crippen molar-refractivity contribution < 1.29 is 19.4 Å². The zero-order valence-electron chi connectivity index (χ0n) is 18.4. The number of aliphatic carboxylic acids is 1. The highest BCUT2D eigenvalue weighted by Crippen LogP contribution is 2.22. The fourth-order valence-corrected chi connectivity index (χ4v) is 3.39.